The summed E-state index contributed by atoms with van der Waals surface area (Å²) in [6.07, 6.45) is 1.34. The molecule has 1 aliphatic heterocycles. The number of sulfonamides is 1. The molecule has 1 amide bonds. The number of carbonyl (C=O) groups excluding carboxylic acids is 1. The standard InChI is InChI=1S/C20H23ClN2O3S/c1-15-6-2-3-7-16(15)13-22-20(24)17-8-5-11-23(14-17)27(25,26)19-10-4-9-18(21)12-19/h2-4,6-7,9-10,12,17H,5,8,11,13-14H2,1H3,(H,22,24). The fourth-order valence-electron chi connectivity index (χ4n) is 3.29. The summed E-state index contributed by atoms with van der Waals surface area (Å²) in [6.45, 7) is 3.05. The van der Waals surface area contributed by atoms with Crippen molar-refractivity contribution in [3.05, 3.63) is 64.7 Å². The van der Waals surface area contributed by atoms with Crippen molar-refractivity contribution in [1.29, 1.82) is 0 Å². The van der Waals surface area contributed by atoms with Crippen molar-refractivity contribution in [1.82, 2.24) is 9.62 Å². The van der Waals surface area contributed by atoms with Crippen molar-refractivity contribution in [2.24, 2.45) is 5.92 Å². The summed E-state index contributed by atoms with van der Waals surface area (Å²) in [5.41, 5.74) is 2.18. The Bertz CT molecular complexity index is 930. The Morgan fingerprint density at radius 2 is 2.00 bits per heavy atom. The van der Waals surface area contributed by atoms with Gasteiger partial charge in [-0.15, -0.1) is 0 Å². The summed E-state index contributed by atoms with van der Waals surface area (Å²) in [4.78, 5) is 12.8. The third kappa shape index (κ3) is 4.69. The molecule has 0 aliphatic carbocycles. The van der Waals surface area contributed by atoms with Crippen LogP contribution in [-0.2, 0) is 21.4 Å². The Morgan fingerprint density at radius 1 is 1.22 bits per heavy atom. The summed E-state index contributed by atoms with van der Waals surface area (Å²) in [5.74, 6) is -0.457. The van der Waals surface area contributed by atoms with E-state index in [2.05, 4.69) is 5.32 Å². The molecule has 0 aromatic heterocycles. The van der Waals surface area contributed by atoms with Gasteiger partial charge in [0.15, 0.2) is 0 Å². The van der Waals surface area contributed by atoms with Crippen LogP contribution in [0.5, 0.6) is 0 Å². The van der Waals surface area contributed by atoms with Gasteiger partial charge in [0.1, 0.15) is 0 Å². The summed E-state index contributed by atoms with van der Waals surface area (Å²) in [7, 11) is -3.66. The molecule has 1 heterocycles. The summed E-state index contributed by atoms with van der Waals surface area (Å²) in [5, 5.41) is 3.32. The number of carbonyl (C=O) groups is 1. The van der Waals surface area contributed by atoms with Crippen LogP contribution in [0.2, 0.25) is 5.02 Å². The topological polar surface area (TPSA) is 66.5 Å². The number of nitrogens with zero attached hydrogens (tertiary/aromatic N) is 1. The van der Waals surface area contributed by atoms with Gasteiger partial charge in [-0.05, 0) is 49.1 Å². The second-order valence-electron chi connectivity index (χ2n) is 6.80. The number of hydrogen-bond donors (Lipinski definition) is 1. The molecule has 1 unspecified atom stereocenters. The lowest BCUT2D eigenvalue weighted by molar-refractivity contribution is -0.126. The minimum Gasteiger partial charge on any atom is -0.352 e. The van der Waals surface area contributed by atoms with Crippen molar-refractivity contribution in [2.75, 3.05) is 13.1 Å². The van der Waals surface area contributed by atoms with E-state index in [0.29, 0.717) is 31.0 Å². The number of benzene rings is 2. The first-order chi connectivity index (χ1) is 12.9. The zero-order valence-corrected chi connectivity index (χ0v) is 16.8. The highest BCUT2D eigenvalue weighted by Gasteiger charge is 2.33. The van der Waals surface area contributed by atoms with E-state index in [9.17, 15) is 13.2 Å². The number of nitrogens with one attached hydrogen (secondary N) is 1. The number of halogens is 1. The third-order valence-electron chi connectivity index (χ3n) is 4.90. The smallest absolute Gasteiger partial charge is 0.243 e. The molecule has 2 aromatic carbocycles. The van der Waals surface area contributed by atoms with Crippen LogP contribution < -0.4 is 5.32 Å². The van der Waals surface area contributed by atoms with E-state index in [1.165, 1.54) is 16.4 Å². The average molecular weight is 407 g/mol. The van der Waals surface area contributed by atoms with Crippen LogP contribution in [0.4, 0.5) is 0 Å². The Kier molecular flexibility index (Phi) is 6.19. The van der Waals surface area contributed by atoms with E-state index in [0.717, 1.165) is 11.1 Å². The van der Waals surface area contributed by atoms with Gasteiger partial charge in [0.25, 0.3) is 0 Å². The lowest BCUT2D eigenvalue weighted by atomic mass is 9.98. The molecule has 0 radical (unpaired) electrons. The van der Waals surface area contributed by atoms with Gasteiger partial charge >= 0.3 is 0 Å². The van der Waals surface area contributed by atoms with E-state index >= 15 is 0 Å². The van der Waals surface area contributed by atoms with Crippen LogP contribution in [0.25, 0.3) is 0 Å². The molecule has 1 atom stereocenters. The normalized spacial score (nSPS) is 18.2. The fourth-order valence-corrected chi connectivity index (χ4v) is 5.11. The van der Waals surface area contributed by atoms with Gasteiger partial charge in [-0.3, -0.25) is 4.79 Å². The molecular weight excluding hydrogens is 384 g/mol. The number of piperidine rings is 1. The highest BCUT2D eigenvalue weighted by atomic mass is 35.5. The molecule has 3 rings (SSSR count). The Labute approximate surface area is 165 Å². The Balaban J connectivity index is 1.66. The summed E-state index contributed by atoms with van der Waals surface area (Å²) >= 11 is 5.93. The molecular formula is C20H23ClN2O3S. The SMILES string of the molecule is Cc1ccccc1CNC(=O)C1CCCN(S(=O)(=O)c2cccc(Cl)c2)C1. The molecule has 1 N–H and O–H groups in total. The summed E-state index contributed by atoms with van der Waals surface area (Å²) in [6, 6.07) is 14.1. The molecule has 0 bridgehead atoms. The van der Waals surface area contributed by atoms with Gasteiger partial charge in [0.05, 0.1) is 10.8 Å². The van der Waals surface area contributed by atoms with Gasteiger partial charge in [-0.1, -0.05) is 41.9 Å². The van der Waals surface area contributed by atoms with Gasteiger partial charge in [-0.25, -0.2) is 8.42 Å². The third-order valence-corrected chi connectivity index (χ3v) is 7.00. The zero-order valence-electron chi connectivity index (χ0n) is 15.2. The first-order valence-corrected chi connectivity index (χ1v) is 10.8. The van der Waals surface area contributed by atoms with Crippen LogP contribution >= 0.6 is 11.6 Å². The molecule has 144 valence electrons. The highest BCUT2D eigenvalue weighted by Crippen LogP contribution is 2.25. The van der Waals surface area contributed by atoms with Gasteiger partial charge in [0.2, 0.25) is 15.9 Å². The van der Waals surface area contributed by atoms with Crippen LogP contribution in [0.15, 0.2) is 53.4 Å². The molecule has 2 aromatic rings. The minimum absolute atomic E-state index is 0.107. The van der Waals surface area contributed by atoms with Crippen LogP contribution in [0.3, 0.4) is 0 Å². The maximum absolute atomic E-state index is 12.9. The lowest BCUT2D eigenvalue weighted by Crippen LogP contribution is -2.45. The van der Waals surface area contributed by atoms with Gasteiger partial charge in [-0.2, -0.15) is 4.31 Å². The molecule has 27 heavy (non-hydrogen) atoms. The largest absolute Gasteiger partial charge is 0.352 e. The maximum Gasteiger partial charge on any atom is 0.243 e. The second kappa shape index (κ2) is 8.42. The first-order valence-electron chi connectivity index (χ1n) is 8.96. The zero-order chi connectivity index (χ0) is 19.4. The predicted molar refractivity (Wildman–Crippen MR) is 106 cm³/mol. The van der Waals surface area contributed by atoms with Crippen LogP contribution in [-0.4, -0.2) is 31.7 Å². The van der Waals surface area contributed by atoms with E-state index in [1.807, 2.05) is 31.2 Å². The van der Waals surface area contributed by atoms with Crippen molar-refractivity contribution < 1.29 is 13.2 Å². The molecule has 5 nitrogen and oxygen atoms in total. The predicted octanol–water partition coefficient (Wildman–Crippen LogP) is 3.37. The molecule has 1 fully saturated rings. The van der Waals surface area contributed by atoms with Gasteiger partial charge in [0, 0.05) is 24.7 Å². The van der Waals surface area contributed by atoms with E-state index in [-0.39, 0.29) is 23.3 Å². The number of amides is 1. The van der Waals surface area contributed by atoms with E-state index in [1.54, 1.807) is 12.1 Å². The first kappa shape index (κ1) is 19.9. The number of rotatable bonds is 5. The highest BCUT2D eigenvalue weighted by molar-refractivity contribution is 7.89. The maximum atomic E-state index is 12.9. The molecule has 1 aliphatic rings. The van der Waals surface area contributed by atoms with Crippen molar-refractivity contribution in [3.8, 4) is 0 Å². The van der Waals surface area contributed by atoms with Crippen molar-refractivity contribution in [2.45, 2.75) is 31.2 Å². The van der Waals surface area contributed by atoms with Gasteiger partial charge < -0.3 is 5.32 Å². The molecule has 0 saturated carbocycles. The average Bonchev–Trinajstić information content (AvgIpc) is 2.67. The second-order valence-corrected chi connectivity index (χ2v) is 9.18. The Morgan fingerprint density at radius 3 is 2.74 bits per heavy atom. The quantitative estimate of drug-likeness (QED) is 0.827. The Hall–Kier alpha value is -1.89. The summed E-state index contributed by atoms with van der Waals surface area (Å²) < 4.78 is 27.1. The minimum atomic E-state index is -3.66. The van der Waals surface area contributed by atoms with Crippen LogP contribution in [0, 0.1) is 12.8 Å². The number of aryl methyl sites for hydroxylation is 1. The van der Waals surface area contributed by atoms with Crippen molar-refractivity contribution in [3.63, 3.8) is 0 Å². The lowest BCUT2D eigenvalue weighted by Gasteiger charge is -2.31. The van der Waals surface area contributed by atoms with Crippen molar-refractivity contribution >= 4 is 27.5 Å². The molecule has 0 spiro atoms. The van der Waals surface area contributed by atoms with E-state index in [4.69, 9.17) is 11.6 Å². The van der Waals surface area contributed by atoms with Crippen LogP contribution in [0.1, 0.15) is 24.0 Å². The van der Waals surface area contributed by atoms with E-state index < -0.39 is 10.0 Å². The monoisotopic (exact) mass is 406 g/mol. The fraction of sp³-hybridized carbons (Fsp3) is 0.350. The number of hydrogen-bond acceptors (Lipinski definition) is 3. The molecule has 7 heteroatoms. The molecule has 1 saturated heterocycles.